The molecule has 4 aromatic rings. The number of anilines is 1. The fourth-order valence-electron chi connectivity index (χ4n) is 4.16. The zero-order valence-electron chi connectivity index (χ0n) is 21.3. The minimum Gasteiger partial charge on any atom is -0.491 e. The molecule has 5 rings (SSSR count). The van der Waals surface area contributed by atoms with E-state index in [1.807, 2.05) is 73.7 Å². The number of fused-ring (bicyclic) bond motifs is 1. The van der Waals surface area contributed by atoms with Crippen LogP contribution in [-0.2, 0) is 9.59 Å². The summed E-state index contributed by atoms with van der Waals surface area (Å²) in [6.07, 6.45) is 1.65. The minimum atomic E-state index is -0.365. The third kappa shape index (κ3) is 6.30. The van der Waals surface area contributed by atoms with Gasteiger partial charge in [0.2, 0.25) is 0 Å². The van der Waals surface area contributed by atoms with E-state index in [1.54, 1.807) is 30.3 Å². The second kappa shape index (κ2) is 11.9. The highest BCUT2D eigenvalue weighted by atomic mass is 32.2. The van der Waals surface area contributed by atoms with Crippen LogP contribution in [0.15, 0.2) is 95.9 Å². The Morgan fingerprint density at radius 1 is 0.923 bits per heavy atom. The van der Waals surface area contributed by atoms with Crippen LogP contribution in [0.2, 0.25) is 0 Å². The summed E-state index contributed by atoms with van der Waals surface area (Å²) in [6, 6.07) is 28.2. The fraction of sp³-hybridized carbons (Fsp3) is 0.129. The van der Waals surface area contributed by atoms with Crippen molar-refractivity contribution in [2.75, 3.05) is 25.1 Å². The summed E-state index contributed by atoms with van der Waals surface area (Å²) in [4.78, 5) is 39.3. The Hall–Kier alpha value is -4.56. The Balaban J connectivity index is 1.17. The molecule has 0 atom stereocenters. The lowest BCUT2D eigenvalue weighted by molar-refractivity contribution is -0.123. The molecular formula is C31H26N2O5S. The van der Waals surface area contributed by atoms with E-state index in [9.17, 15) is 14.4 Å². The van der Waals surface area contributed by atoms with Crippen molar-refractivity contribution in [2.45, 2.75) is 6.92 Å². The summed E-state index contributed by atoms with van der Waals surface area (Å²) in [6.45, 7) is 2.09. The zero-order chi connectivity index (χ0) is 27.2. The average Bonchev–Trinajstić information content (AvgIpc) is 3.21. The van der Waals surface area contributed by atoms with Crippen LogP contribution >= 0.6 is 11.8 Å². The molecule has 1 N–H and O–H groups in total. The van der Waals surface area contributed by atoms with Crippen molar-refractivity contribution in [2.24, 2.45) is 0 Å². The van der Waals surface area contributed by atoms with Gasteiger partial charge in [-0.25, -0.2) is 0 Å². The van der Waals surface area contributed by atoms with Gasteiger partial charge in [0.1, 0.15) is 18.1 Å². The summed E-state index contributed by atoms with van der Waals surface area (Å²) in [7, 11) is 0. The van der Waals surface area contributed by atoms with Crippen LogP contribution in [-0.4, -0.2) is 41.7 Å². The van der Waals surface area contributed by atoms with E-state index in [2.05, 4.69) is 5.32 Å². The van der Waals surface area contributed by atoms with Crippen molar-refractivity contribution in [3.05, 3.63) is 107 Å². The van der Waals surface area contributed by atoms with E-state index in [0.717, 1.165) is 33.8 Å². The van der Waals surface area contributed by atoms with E-state index in [-0.39, 0.29) is 36.8 Å². The number of hydrogen-bond donors (Lipinski definition) is 1. The standard InChI is InChI=1S/C31H26N2O5S/c1-21-8-2-5-14-26(21)32-29(34)20-38-24-12-6-9-22(18-24)19-28-30(35)33(31(36)39-28)16-17-37-27-15-7-11-23-10-3-4-13-25(23)27/h2-15,18-19H,16-17,20H2,1H3,(H,32,34)/b28-19-. The molecule has 4 aromatic carbocycles. The first-order valence-corrected chi connectivity index (χ1v) is 13.2. The Kier molecular flexibility index (Phi) is 7.94. The van der Waals surface area contributed by atoms with Crippen molar-refractivity contribution < 1.29 is 23.9 Å². The molecule has 1 aliphatic heterocycles. The highest BCUT2D eigenvalue weighted by Crippen LogP contribution is 2.33. The van der Waals surface area contributed by atoms with Crippen molar-refractivity contribution in [1.82, 2.24) is 4.90 Å². The number of aryl methyl sites for hydroxylation is 1. The lowest BCUT2D eigenvalue weighted by atomic mass is 10.1. The summed E-state index contributed by atoms with van der Waals surface area (Å²) in [5.74, 6) is 0.545. The van der Waals surface area contributed by atoms with Gasteiger partial charge in [0, 0.05) is 11.1 Å². The molecule has 0 spiro atoms. The van der Waals surface area contributed by atoms with E-state index < -0.39 is 0 Å². The van der Waals surface area contributed by atoms with Crippen LogP contribution in [0.3, 0.4) is 0 Å². The fourth-order valence-corrected chi connectivity index (χ4v) is 5.02. The van der Waals surface area contributed by atoms with Gasteiger partial charge in [0.25, 0.3) is 17.1 Å². The van der Waals surface area contributed by atoms with Crippen LogP contribution in [0, 0.1) is 6.92 Å². The molecule has 1 aliphatic rings. The molecule has 7 nitrogen and oxygen atoms in total. The summed E-state index contributed by atoms with van der Waals surface area (Å²) in [5, 5.41) is 4.52. The van der Waals surface area contributed by atoms with Crippen molar-refractivity contribution >= 4 is 51.4 Å². The molecule has 39 heavy (non-hydrogen) atoms. The molecule has 3 amide bonds. The number of amides is 3. The molecule has 1 fully saturated rings. The molecule has 0 aromatic heterocycles. The maximum Gasteiger partial charge on any atom is 0.293 e. The number of rotatable bonds is 9. The normalized spacial score (nSPS) is 14.2. The Morgan fingerprint density at radius 2 is 1.69 bits per heavy atom. The molecule has 196 valence electrons. The predicted octanol–water partition coefficient (Wildman–Crippen LogP) is 6.28. The summed E-state index contributed by atoms with van der Waals surface area (Å²) in [5.41, 5.74) is 2.38. The third-order valence-corrected chi connectivity index (χ3v) is 7.05. The zero-order valence-corrected chi connectivity index (χ0v) is 22.1. The molecule has 0 unspecified atom stereocenters. The topological polar surface area (TPSA) is 84.9 Å². The van der Waals surface area contributed by atoms with Gasteiger partial charge in [-0.2, -0.15) is 0 Å². The molecule has 0 bridgehead atoms. The second-order valence-corrected chi connectivity index (χ2v) is 9.88. The van der Waals surface area contributed by atoms with Gasteiger partial charge in [-0.15, -0.1) is 0 Å². The van der Waals surface area contributed by atoms with Crippen LogP contribution in [0.25, 0.3) is 16.8 Å². The first kappa shape index (κ1) is 26.1. The third-order valence-electron chi connectivity index (χ3n) is 6.14. The number of benzene rings is 4. The van der Waals surface area contributed by atoms with Crippen LogP contribution in [0.4, 0.5) is 10.5 Å². The predicted molar refractivity (Wildman–Crippen MR) is 154 cm³/mol. The van der Waals surface area contributed by atoms with Gasteiger partial charge < -0.3 is 14.8 Å². The quantitative estimate of drug-likeness (QED) is 0.253. The summed E-state index contributed by atoms with van der Waals surface area (Å²) < 4.78 is 11.6. The van der Waals surface area contributed by atoms with Crippen molar-refractivity contribution in [3.63, 3.8) is 0 Å². The number of imide groups is 1. The Morgan fingerprint density at radius 3 is 2.56 bits per heavy atom. The number of hydrogen-bond acceptors (Lipinski definition) is 6. The van der Waals surface area contributed by atoms with Gasteiger partial charge in [-0.3, -0.25) is 19.3 Å². The molecule has 8 heteroatoms. The highest BCUT2D eigenvalue weighted by molar-refractivity contribution is 8.18. The molecule has 1 heterocycles. The second-order valence-electron chi connectivity index (χ2n) is 8.88. The number of carbonyl (C=O) groups excluding carboxylic acids is 3. The smallest absolute Gasteiger partial charge is 0.293 e. The van der Waals surface area contributed by atoms with E-state index in [1.165, 1.54) is 4.90 Å². The van der Waals surface area contributed by atoms with Gasteiger partial charge in [0.15, 0.2) is 6.61 Å². The largest absolute Gasteiger partial charge is 0.491 e. The van der Waals surface area contributed by atoms with E-state index in [0.29, 0.717) is 22.0 Å². The molecule has 1 saturated heterocycles. The number of ether oxygens (including phenoxy) is 2. The first-order chi connectivity index (χ1) is 19.0. The maximum atomic E-state index is 13.0. The number of nitrogens with zero attached hydrogens (tertiary/aromatic N) is 1. The SMILES string of the molecule is Cc1ccccc1NC(=O)COc1cccc(/C=C2\SC(=O)N(CCOc3cccc4ccccc34)C2=O)c1. The Labute approximate surface area is 230 Å². The molecule has 0 saturated carbocycles. The highest BCUT2D eigenvalue weighted by Gasteiger charge is 2.34. The molecular weight excluding hydrogens is 512 g/mol. The minimum absolute atomic E-state index is 0.143. The van der Waals surface area contributed by atoms with Crippen LogP contribution in [0.1, 0.15) is 11.1 Å². The molecule has 0 radical (unpaired) electrons. The van der Waals surface area contributed by atoms with Crippen LogP contribution < -0.4 is 14.8 Å². The van der Waals surface area contributed by atoms with Gasteiger partial charge >= 0.3 is 0 Å². The van der Waals surface area contributed by atoms with E-state index >= 15 is 0 Å². The molecule has 0 aliphatic carbocycles. The van der Waals surface area contributed by atoms with Crippen molar-refractivity contribution in [1.29, 1.82) is 0 Å². The lowest BCUT2D eigenvalue weighted by Crippen LogP contribution is -2.32. The van der Waals surface area contributed by atoms with E-state index in [4.69, 9.17) is 9.47 Å². The average molecular weight is 539 g/mol. The lowest BCUT2D eigenvalue weighted by Gasteiger charge is -2.14. The first-order valence-electron chi connectivity index (χ1n) is 12.4. The number of thioether (sulfide) groups is 1. The Bertz CT molecular complexity index is 1580. The number of para-hydroxylation sites is 1. The maximum absolute atomic E-state index is 13.0. The number of nitrogens with one attached hydrogen (secondary N) is 1. The van der Waals surface area contributed by atoms with Gasteiger partial charge in [0.05, 0.1) is 11.4 Å². The van der Waals surface area contributed by atoms with Crippen LogP contribution in [0.5, 0.6) is 11.5 Å². The monoisotopic (exact) mass is 538 g/mol. The summed E-state index contributed by atoms with van der Waals surface area (Å²) >= 11 is 0.890. The van der Waals surface area contributed by atoms with Crippen molar-refractivity contribution in [3.8, 4) is 11.5 Å². The number of carbonyl (C=O) groups is 3. The van der Waals surface area contributed by atoms with Gasteiger partial charge in [-0.1, -0.05) is 66.7 Å². The van der Waals surface area contributed by atoms with Gasteiger partial charge in [-0.05, 0) is 65.5 Å².